The van der Waals surface area contributed by atoms with Crippen molar-refractivity contribution in [3.8, 4) is 17.2 Å². The second-order valence-corrected chi connectivity index (χ2v) is 7.64. The SMILES string of the molecule is CC.COc1cc(C(=O)Nc2cc(-c3nc4ncccc4o3)ccn2)ccc1CN1CCOCC1. The third-order valence-electron chi connectivity index (χ3n) is 5.46. The van der Waals surface area contributed by atoms with Crippen LogP contribution in [-0.2, 0) is 11.3 Å². The Labute approximate surface area is 204 Å². The number of morpholine rings is 1. The Morgan fingerprint density at radius 2 is 1.91 bits per heavy atom. The standard InChI is InChI=1S/C24H23N5O4.C2H6/c1-31-20-13-16(4-5-18(20)15-29-9-11-32-12-10-29)23(30)27-21-14-17(6-8-25-21)24-28-22-19(33-24)3-2-7-26-22;1-2/h2-8,13-14H,9-12,15H2,1H3,(H,25,27,30);1-2H3. The number of amides is 1. The van der Waals surface area contributed by atoms with Gasteiger partial charge in [0.05, 0.1) is 20.3 Å². The molecule has 0 atom stereocenters. The number of nitrogens with one attached hydrogen (secondary N) is 1. The molecule has 35 heavy (non-hydrogen) atoms. The fourth-order valence-electron chi connectivity index (χ4n) is 3.73. The third kappa shape index (κ3) is 5.82. The zero-order chi connectivity index (χ0) is 24.6. The third-order valence-corrected chi connectivity index (χ3v) is 5.46. The summed E-state index contributed by atoms with van der Waals surface area (Å²) in [5.41, 5.74) is 3.33. The molecule has 1 fully saturated rings. The lowest BCUT2D eigenvalue weighted by Crippen LogP contribution is -2.35. The van der Waals surface area contributed by atoms with Gasteiger partial charge < -0.3 is 19.2 Å². The number of hydrogen-bond acceptors (Lipinski definition) is 8. The first-order valence-corrected chi connectivity index (χ1v) is 11.7. The summed E-state index contributed by atoms with van der Waals surface area (Å²) in [5, 5.41) is 2.84. The average molecular weight is 476 g/mol. The predicted molar refractivity (Wildman–Crippen MR) is 133 cm³/mol. The lowest BCUT2D eigenvalue weighted by atomic mass is 10.1. The molecular formula is C26H29N5O4. The van der Waals surface area contributed by atoms with E-state index in [0.717, 1.165) is 38.4 Å². The Hall–Kier alpha value is -3.82. The minimum Gasteiger partial charge on any atom is -0.496 e. The molecule has 1 aromatic carbocycles. The second kappa shape index (κ2) is 11.5. The Kier molecular flexibility index (Phi) is 8.02. The number of anilines is 1. The highest BCUT2D eigenvalue weighted by Crippen LogP contribution is 2.26. The zero-order valence-electron chi connectivity index (χ0n) is 20.2. The molecule has 1 amide bonds. The van der Waals surface area contributed by atoms with Gasteiger partial charge in [-0.2, -0.15) is 4.98 Å². The Morgan fingerprint density at radius 3 is 2.69 bits per heavy atom. The van der Waals surface area contributed by atoms with E-state index in [0.29, 0.717) is 39.8 Å². The van der Waals surface area contributed by atoms with E-state index in [9.17, 15) is 4.79 Å². The molecule has 0 bridgehead atoms. The van der Waals surface area contributed by atoms with Crippen LogP contribution in [0, 0.1) is 0 Å². The van der Waals surface area contributed by atoms with Crippen molar-refractivity contribution in [2.24, 2.45) is 0 Å². The van der Waals surface area contributed by atoms with E-state index in [1.165, 1.54) is 0 Å². The monoisotopic (exact) mass is 475 g/mol. The van der Waals surface area contributed by atoms with Gasteiger partial charge in [-0.1, -0.05) is 19.9 Å². The summed E-state index contributed by atoms with van der Waals surface area (Å²) in [6, 6.07) is 12.6. The van der Waals surface area contributed by atoms with Crippen LogP contribution < -0.4 is 10.1 Å². The predicted octanol–water partition coefficient (Wildman–Crippen LogP) is 4.40. The van der Waals surface area contributed by atoms with Gasteiger partial charge in [0.2, 0.25) is 5.89 Å². The summed E-state index contributed by atoms with van der Waals surface area (Å²) < 4.78 is 16.7. The van der Waals surface area contributed by atoms with Crippen molar-refractivity contribution in [3.05, 3.63) is 66.0 Å². The summed E-state index contributed by atoms with van der Waals surface area (Å²) in [6.07, 6.45) is 3.26. The molecule has 4 heterocycles. The molecule has 0 unspecified atom stereocenters. The van der Waals surface area contributed by atoms with Gasteiger partial charge in [0.15, 0.2) is 11.2 Å². The number of rotatable bonds is 6. The Bertz CT molecular complexity index is 1250. The molecule has 3 aromatic heterocycles. The topological polar surface area (TPSA) is 103 Å². The van der Waals surface area contributed by atoms with Gasteiger partial charge in [0.1, 0.15) is 11.6 Å². The number of pyridine rings is 2. The number of carbonyl (C=O) groups excluding carboxylic acids is 1. The van der Waals surface area contributed by atoms with Crippen molar-refractivity contribution >= 4 is 23.0 Å². The van der Waals surface area contributed by atoms with Crippen LogP contribution in [0.15, 0.2) is 59.3 Å². The molecule has 1 saturated heterocycles. The molecule has 1 N–H and O–H groups in total. The maximum atomic E-state index is 12.9. The Morgan fingerprint density at radius 1 is 1.09 bits per heavy atom. The molecule has 5 rings (SSSR count). The Balaban J connectivity index is 0.00000141. The molecule has 1 aliphatic rings. The van der Waals surface area contributed by atoms with Gasteiger partial charge in [-0.15, -0.1) is 0 Å². The molecular weight excluding hydrogens is 446 g/mol. The van der Waals surface area contributed by atoms with Crippen molar-refractivity contribution < 1.29 is 18.7 Å². The van der Waals surface area contributed by atoms with E-state index in [2.05, 4.69) is 25.2 Å². The molecule has 0 saturated carbocycles. The number of hydrogen-bond donors (Lipinski definition) is 1. The number of fused-ring (bicyclic) bond motifs is 1. The van der Waals surface area contributed by atoms with Crippen LogP contribution in [0.5, 0.6) is 5.75 Å². The van der Waals surface area contributed by atoms with Crippen LogP contribution in [0.3, 0.4) is 0 Å². The summed E-state index contributed by atoms with van der Waals surface area (Å²) >= 11 is 0. The van der Waals surface area contributed by atoms with Gasteiger partial charge in [-0.3, -0.25) is 9.69 Å². The van der Waals surface area contributed by atoms with Crippen LogP contribution in [-0.4, -0.2) is 59.2 Å². The number of benzene rings is 1. The maximum absolute atomic E-state index is 12.9. The molecule has 0 aliphatic carbocycles. The van der Waals surface area contributed by atoms with Gasteiger partial charge in [0.25, 0.3) is 5.91 Å². The summed E-state index contributed by atoms with van der Waals surface area (Å²) in [5.74, 6) is 1.20. The fourth-order valence-corrected chi connectivity index (χ4v) is 3.73. The molecule has 1 aliphatic heterocycles. The number of nitrogens with zero attached hydrogens (tertiary/aromatic N) is 4. The van der Waals surface area contributed by atoms with Crippen molar-refractivity contribution in [1.82, 2.24) is 19.9 Å². The van der Waals surface area contributed by atoms with Gasteiger partial charge >= 0.3 is 0 Å². The van der Waals surface area contributed by atoms with E-state index in [1.807, 2.05) is 19.9 Å². The van der Waals surface area contributed by atoms with E-state index >= 15 is 0 Å². The van der Waals surface area contributed by atoms with E-state index in [1.54, 1.807) is 55.9 Å². The number of aromatic nitrogens is 3. The normalized spacial score (nSPS) is 13.7. The highest BCUT2D eigenvalue weighted by Gasteiger charge is 2.16. The highest BCUT2D eigenvalue weighted by molar-refractivity contribution is 6.04. The van der Waals surface area contributed by atoms with Crippen LogP contribution in [0.1, 0.15) is 29.8 Å². The van der Waals surface area contributed by atoms with E-state index < -0.39 is 0 Å². The van der Waals surface area contributed by atoms with E-state index in [-0.39, 0.29) is 5.91 Å². The van der Waals surface area contributed by atoms with Gasteiger partial charge in [0, 0.05) is 48.7 Å². The van der Waals surface area contributed by atoms with Crippen LogP contribution in [0.25, 0.3) is 22.7 Å². The lowest BCUT2D eigenvalue weighted by Gasteiger charge is -2.27. The van der Waals surface area contributed by atoms with Gasteiger partial charge in [-0.05, 0) is 36.4 Å². The van der Waals surface area contributed by atoms with Crippen LogP contribution in [0.2, 0.25) is 0 Å². The lowest BCUT2D eigenvalue weighted by molar-refractivity contribution is 0.0339. The summed E-state index contributed by atoms with van der Waals surface area (Å²) in [4.78, 5) is 28.0. The smallest absolute Gasteiger partial charge is 0.256 e. The van der Waals surface area contributed by atoms with Crippen molar-refractivity contribution in [2.75, 3.05) is 38.7 Å². The van der Waals surface area contributed by atoms with Crippen LogP contribution >= 0.6 is 0 Å². The molecule has 182 valence electrons. The average Bonchev–Trinajstić information content (AvgIpc) is 3.35. The fraction of sp³-hybridized carbons (Fsp3) is 0.308. The highest BCUT2D eigenvalue weighted by atomic mass is 16.5. The first-order chi connectivity index (χ1) is 17.2. The van der Waals surface area contributed by atoms with Crippen molar-refractivity contribution in [1.29, 1.82) is 0 Å². The van der Waals surface area contributed by atoms with Crippen molar-refractivity contribution in [2.45, 2.75) is 20.4 Å². The minimum absolute atomic E-state index is 0.282. The molecule has 0 spiro atoms. The molecule has 0 radical (unpaired) electrons. The maximum Gasteiger partial charge on any atom is 0.256 e. The largest absolute Gasteiger partial charge is 0.496 e. The number of methoxy groups -OCH3 is 1. The molecule has 4 aromatic rings. The number of oxazole rings is 1. The number of ether oxygens (including phenoxy) is 2. The van der Waals surface area contributed by atoms with E-state index in [4.69, 9.17) is 13.9 Å². The summed E-state index contributed by atoms with van der Waals surface area (Å²) in [7, 11) is 1.61. The first kappa shape index (κ1) is 24.3. The second-order valence-electron chi connectivity index (χ2n) is 7.64. The zero-order valence-corrected chi connectivity index (χ0v) is 20.2. The van der Waals surface area contributed by atoms with Crippen molar-refractivity contribution in [3.63, 3.8) is 0 Å². The minimum atomic E-state index is -0.282. The van der Waals surface area contributed by atoms with Gasteiger partial charge in [-0.25, -0.2) is 9.97 Å². The van der Waals surface area contributed by atoms with Crippen LogP contribution in [0.4, 0.5) is 5.82 Å². The molecule has 9 heteroatoms. The summed E-state index contributed by atoms with van der Waals surface area (Å²) in [6.45, 7) is 7.97. The quantitative estimate of drug-likeness (QED) is 0.438. The number of carbonyl (C=O) groups is 1. The first-order valence-electron chi connectivity index (χ1n) is 11.7. The molecule has 9 nitrogen and oxygen atoms in total.